The molecule has 2 unspecified atom stereocenters. The maximum atomic E-state index is 13.8. The van der Waals surface area contributed by atoms with Crippen LogP contribution in [-0.2, 0) is 32.7 Å². The lowest BCUT2D eigenvalue weighted by Gasteiger charge is -2.19. The van der Waals surface area contributed by atoms with Crippen molar-refractivity contribution in [2.75, 3.05) is 0 Å². The van der Waals surface area contributed by atoms with E-state index in [9.17, 15) is 26.8 Å². The lowest BCUT2D eigenvalue weighted by molar-refractivity contribution is -0.133. The molecular weight excluding hydrogens is 500 g/mol. The van der Waals surface area contributed by atoms with Gasteiger partial charge in [0.25, 0.3) is 0 Å². The van der Waals surface area contributed by atoms with E-state index in [4.69, 9.17) is 5.14 Å². The molecule has 3 aromatic rings. The molecule has 1 aliphatic carbocycles. The van der Waals surface area contributed by atoms with Gasteiger partial charge >= 0.3 is 0 Å². The van der Waals surface area contributed by atoms with Crippen molar-refractivity contribution in [2.24, 2.45) is 17.0 Å². The second-order valence-electron chi connectivity index (χ2n) is 9.05. The number of nitrogens with two attached hydrogens (primary N) is 1. The molecule has 0 saturated heterocycles. The number of sulfonamides is 1. The van der Waals surface area contributed by atoms with Crippen LogP contribution in [0.5, 0.6) is 0 Å². The van der Waals surface area contributed by atoms with Crippen LogP contribution in [-0.4, -0.2) is 20.2 Å². The highest BCUT2D eigenvalue weighted by Crippen LogP contribution is 2.32. The maximum absolute atomic E-state index is 13.8. The SMILES string of the molecule is NS(=O)(=O)c1ccccc1-c1ccc(CNC(=O)C2CCCC2C(=O)NCc2cc(F)ccc2F)cc1. The highest BCUT2D eigenvalue weighted by atomic mass is 32.2. The second kappa shape index (κ2) is 11.2. The van der Waals surface area contributed by atoms with Gasteiger partial charge in [0.15, 0.2) is 0 Å². The topological polar surface area (TPSA) is 118 Å². The van der Waals surface area contributed by atoms with Crippen LogP contribution in [0.2, 0.25) is 0 Å². The summed E-state index contributed by atoms with van der Waals surface area (Å²) in [6, 6.07) is 16.6. The van der Waals surface area contributed by atoms with Crippen molar-refractivity contribution in [3.63, 3.8) is 0 Å². The molecule has 4 rings (SSSR count). The quantitative estimate of drug-likeness (QED) is 0.415. The number of amides is 2. The average molecular weight is 528 g/mol. The Bertz CT molecular complexity index is 1410. The predicted molar refractivity (Wildman–Crippen MR) is 134 cm³/mol. The zero-order valence-electron chi connectivity index (χ0n) is 19.9. The van der Waals surface area contributed by atoms with Gasteiger partial charge in [0.1, 0.15) is 11.6 Å². The van der Waals surface area contributed by atoms with Gasteiger partial charge < -0.3 is 10.6 Å². The summed E-state index contributed by atoms with van der Waals surface area (Å²) in [5.74, 6) is -2.88. The predicted octanol–water partition coefficient (Wildman–Crippen LogP) is 3.63. The van der Waals surface area contributed by atoms with Crippen molar-refractivity contribution in [1.29, 1.82) is 0 Å². The summed E-state index contributed by atoms with van der Waals surface area (Å²) in [7, 11) is -3.88. The number of benzene rings is 3. The van der Waals surface area contributed by atoms with Crippen LogP contribution in [0, 0.1) is 23.5 Å². The molecule has 1 fully saturated rings. The Morgan fingerprint density at radius 3 is 2.14 bits per heavy atom. The number of rotatable bonds is 8. The van der Waals surface area contributed by atoms with Crippen LogP contribution in [0.3, 0.4) is 0 Å². The van der Waals surface area contributed by atoms with Gasteiger partial charge in [-0.15, -0.1) is 0 Å². The number of carbonyl (C=O) groups is 2. The van der Waals surface area contributed by atoms with Crippen LogP contribution in [0.4, 0.5) is 8.78 Å². The van der Waals surface area contributed by atoms with Crippen molar-refractivity contribution in [1.82, 2.24) is 10.6 Å². The van der Waals surface area contributed by atoms with Gasteiger partial charge in [-0.2, -0.15) is 0 Å². The lowest BCUT2D eigenvalue weighted by Crippen LogP contribution is -2.39. The van der Waals surface area contributed by atoms with Gasteiger partial charge in [-0.1, -0.05) is 48.9 Å². The molecule has 0 spiro atoms. The summed E-state index contributed by atoms with van der Waals surface area (Å²) in [6.07, 6.45) is 1.80. The van der Waals surface area contributed by atoms with Gasteiger partial charge in [-0.05, 0) is 48.2 Å². The minimum atomic E-state index is -3.88. The molecule has 37 heavy (non-hydrogen) atoms. The van der Waals surface area contributed by atoms with Crippen LogP contribution in [0.15, 0.2) is 71.6 Å². The molecule has 4 N–H and O–H groups in total. The molecule has 2 amide bonds. The molecule has 0 heterocycles. The molecule has 10 heteroatoms. The number of carbonyl (C=O) groups excluding carboxylic acids is 2. The molecule has 3 aromatic carbocycles. The average Bonchev–Trinajstić information content (AvgIpc) is 3.38. The summed E-state index contributed by atoms with van der Waals surface area (Å²) >= 11 is 0. The Morgan fingerprint density at radius 1 is 0.865 bits per heavy atom. The summed E-state index contributed by atoms with van der Waals surface area (Å²) in [6.45, 7) is 0.0729. The molecule has 1 saturated carbocycles. The largest absolute Gasteiger partial charge is 0.352 e. The van der Waals surface area contributed by atoms with Crippen molar-refractivity contribution in [3.05, 3.63) is 89.5 Å². The number of nitrogens with one attached hydrogen (secondary N) is 2. The fourth-order valence-electron chi connectivity index (χ4n) is 4.66. The first-order chi connectivity index (χ1) is 17.6. The molecule has 2 atom stereocenters. The van der Waals surface area contributed by atoms with E-state index in [-0.39, 0.29) is 35.4 Å². The smallest absolute Gasteiger partial charge is 0.238 e. The first kappa shape index (κ1) is 26.4. The van der Waals surface area contributed by atoms with Crippen LogP contribution in [0.1, 0.15) is 30.4 Å². The van der Waals surface area contributed by atoms with Crippen molar-refractivity contribution in [2.45, 2.75) is 37.2 Å². The molecule has 0 aromatic heterocycles. The normalized spacial score (nSPS) is 17.4. The van der Waals surface area contributed by atoms with E-state index in [1.54, 1.807) is 42.5 Å². The lowest BCUT2D eigenvalue weighted by atomic mass is 9.94. The Kier molecular flexibility index (Phi) is 7.99. The van der Waals surface area contributed by atoms with Gasteiger partial charge in [0, 0.05) is 36.1 Å². The third kappa shape index (κ3) is 6.39. The Morgan fingerprint density at radius 2 is 1.49 bits per heavy atom. The summed E-state index contributed by atoms with van der Waals surface area (Å²) in [5, 5.41) is 10.8. The minimum absolute atomic E-state index is 0.0294. The highest BCUT2D eigenvalue weighted by molar-refractivity contribution is 7.89. The highest BCUT2D eigenvalue weighted by Gasteiger charge is 2.37. The third-order valence-corrected chi connectivity index (χ3v) is 7.54. The summed E-state index contributed by atoms with van der Waals surface area (Å²) < 4.78 is 51.0. The Hall–Kier alpha value is -3.63. The Labute approximate surface area is 214 Å². The standard InChI is InChI=1S/C27H27F2N3O4S/c28-20-12-13-24(29)19(14-20)16-32-27(34)23-6-3-5-22(23)26(33)31-15-17-8-10-18(11-9-17)21-4-1-2-7-25(21)37(30,35)36/h1-2,4,7-14,22-23H,3,5-6,15-16H2,(H,31,33)(H,32,34)(H2,30,35,36). The molecule has 0 radical (unpaired) electrons. The van der Waals surface area contributed by atoms with E-state index in [1.165, 1.54) is 6.07 Å². The molecular formula is C27H27F2N3O4S. The fraction of sp³-hybridized carbons (Fsp3) is 0.259. The van der Waals surface area contributed by atoms with Crippen LogP contribution < -0.4 is 15.8 Å². The minimum Gasteiger partial charge on any atom is -0.352 e. The van der Waals surface area contributed by atoms with Crippen molar-refractivity contribution >= 4 is 21.8 Å². The first-order valence-corrected chi connectivity index (χ1v) is 13.4. The third-order valence-electron chi connectivity index (χ3n) is 6.58. The summed E-state index contributed by atoms with van der Waals surface area (Å²) in [5.41, 5.74) is 1.99. The molecule has 194 valence electrons. The monoisotopic (exact) mass is 527 g/mol. The second-order valence-corrected chi connectivity index (χ2v) is 10.6. The van der Waals surface area contributed by atoms with Crippen molar-refractivity contribution < 1.29 is 26.8 Å². The van der Waals surface area contributed by atoms with Gasteiger partial charge in [0.2, 0.25) is 21.8 Å². The maximum Gasteiger partial charge on any atom is 0.238 e. The molecule has 0 bridgehead atoms. The van der Waals surface area contributed by atoms with E-state index in [0.29, 0.717) is 30.4 Å². The van der Waals surface area contributed by atoms with Crippen molar-refractivity contribution in [3.8, 4) is 11.1 Å². The van der Waals surface area contributed by atoms with E-state index >= 15 is 0 Å². The number of primary sulfonamides is 1. The zero-order valence-corrected chi connectivity index (χ0v) is 20.7. The van der Waals surface area contributed by atoms with Crippen LogP contribution in [0.25, 0.3) is 11.1 Å². The van der Waals surface area contributed by atoms with E-state index in [1.807, 2.05) is 0 Å². The molecule has 0 aliphatic heterocycles. The fourth-order valence-corrected chi connectivity index (χ4v) is 5.42. The first-order valence-electron chi connectivity index (χ1n) is 11.8. The number of hydrogen-bond acceptors (Lipinski definition) is 4. The molecule has 7 nitrogen and oxygen atoms in total. The number of hydrogen-bond donors (Lipinski definition) is 3. The van der Waals surface area contributed by atoms with Gasteiger partial charge in [-0.25, -0.2) is 22.3 Å². The van der Waals surface area contributed by atoms with E-state index < -0.39 is 33.5 Å². The Balaban J connectivity index is 1.35. The zero-order chi connectivity index (χ0) is 26.6. The summed E-state index contributed by atoms with van der Waals surface area (Å²) in [4.78, 5) is 25.6. The van der Waals surface area contributed by atoms with Gasteiger partial charge in [0.05, 0.1) is 4.90 Å². The van der Waals surface area contributed by atoms with E-state index in [0.717, 1.165) is 23.8 Å². The molecule has 1 aliphatic rings. The van der Waals surface area contributed by atoms with Crippen LogP contribution >= 0.6 is 0 Å². The van der Waals surface area contributed by atoms with E-state index in [2.05, 4.69) is 10.6 Å². The van der Waals surface area contributed by atoms with Gasteiger partial charge in [-0.3, -0.25) is 9.59 Å². The number of halogens is 2.